The molecule has 1 aliphatic heterocycles. The molecule has 2 heterocycles. The maximum atomic E-state index is 12.5. The van der Waals surface area contributed by atoms with Crippen LogP contribution in [0.5, 0.6) is 0 Å². The third-order valence-corrected chi connectivity index (χ3v) is 4.42. The zero-order valence-corrected chi connectivity index (χ0v) is 16.0. The Morgan fingerprint density at radius 2 is 2.19 bits per heavy atom. The molecule has 1 aromatic carbocycles. The quantitative estimate of drug-likeness (QED) is 0.884. The summed E-state index contributed by atoms with van der Waals surface area (Å²) in [5, 5.41) is 11.1. The standard InChI is InChI=1S/C20H28N4O2/c1-14-6-5-7-16(10-14)24-18(12-17(23-24)20(2,3)4)22-19(25)11-15-13-26-9-8-21-15/h5-7,10,12,15,21H,8-9,11,13H2,1-4H3,(H,22,25). The molecule has 1 unspecified atom stereocenters. The van der Waals surface area contributed by atoms with Crippen LogP contribution in [0.2, 0.25) is 0 Å². The van der Waals surface area contributed by atoms with Gasteiger partial charge in [0, 0.05) is 30.5 Å². The topological polar surface area (TPSA) is 68.2 Å². The molecule has 6 heteroatoms. The van der Waals surface area contributed by atoms with Crippen LogP contribution in [0, 0.1) is 6.92 Å². The van der Waals surface area contributed by atoms with Crippen molar-refractivity contribution in [2.24, 2.45) is 0 Å². The fourth-order valence-electron chi connectivity index (χ4n) is 2.96. The second-order valence-electron chi connectivity index (χ2n) is 7.89. The molecule has 2 aromatic rings. The normalized spacial score (nSPS) is 17.9. The van der Waals surface area contributed by atoms with E-state index in [0.29, 0.717) is 25.5 Å². The Hall–Kier alpha value is -2.18. The number of ether oxygens (including phenoxy) is 1. The van der Waals surface area contributed by atoms with Crippen molar-refractivity contribution in [2.45, 2.75) is 45.6 Å². The molecule has 0 bridgehead atoms. The third kappa shape index (κ3) is 4.51. The molecule has 1 amide bonds. The third-order valence-electron chi connectivity index (χ3n) is 4.42. The number of amides is 1. The lowest BCUT2D eigenvalue weighted by atomic mass is 9.92. The summed E-state index contributed by atoms with van der Waals surface area (Å²) < 4.78 is 7.24. The Kier molecular flexibility index (Phi) is 5.44. The highest BCUT2D eigenvalue weighted by atomic mass is 16.5. The van der Waals surface area contributed by atoms with E-state index in [1.165, 1.54) is 0 Å². The van der Waals surface area contributed by atoms with E-state index in [0.717, 1.165) is 23.5 Å². The number of carbonyl (C=O) groups excluding carboxylic acids is 1. The number of anilines is 1. The fourth-order valence-corrected chi connectivity index (χ4v) is 2.96. The molecule has 6 nitrogen and oxygen atoms in total. The lowest BCUT2D eigenvalue weighted by Crippen LogP contribution is -2.43. The van der Waals surface area contributed by atoms with Crippen LogP contribution in [-0.2, 0) is 14.9 Å². The number of nitrogens with zero attached hydrogens (tertiary/aromatic N) is 2. The molecule has 1 fully saturated rings. The second kappa shape index (κ2) is 7.60. The van der Waals surface area contributed by atoms with Gasteiger partial charge in [-0.05, 0) is 24.6 Å². The Morgan fingerprint density at radius 3 is 2.85 bits per heavy atom. The molecule has 0 saturated carbocycles. The van der Waals surface area contributed by atoms with Crippen LogP contribution in [0.4, 0.5) is 5.82 Å². The van der Waals surface area contributed by atoms with Crippen LogP contribution in [0.15, 0.2) is 30.3 Å². The molecule has 0 radical (unpaired) electrons. The van der Waals surface area contributed by atoms with Gasteiger partial charge in [0.1, 0.15) is 5.82 Å². The molecule has 1 atom stereocenters. The van der Waals surface area contributed by atoms with Crippen LogP contribution in [-0.4, -0.2) is 41.5 Å². The van der Waals surface area contributed by atoms with E-state index in [9.17, 15) is 4.79 Å². The average Bonchev–Trinajstić information content (AvgIpc) is 2.99. The van der Waals surface area contributed by atoms with Crippen LogP contribution < -0.4 is 10.6 Å². The van der Waals surface area contributed by atoms with Crippen molar-refractivity contribution in [3.63, 3.8) is 0 Å². The monoisotopic (exact) mass is 356 g/mol. The van der Waals surface area contributed by atoms with Crippen molar-refractivity contribution in [3.05, 3.63) is 41.6 Å². The van der Waals surface area contributed by atoms with Crippen LogP contribution >= 0.6 is 0 Å². The molecule has 140 valence electrons. The number of aromatic nitrogens is 2. The van der Waals surface area contributed by atoms with Crippen molar-refractivity contribution >= 4 is 11.7 Å². The summed E-state index contributed by atoms with van der Waals surface area (Å²) in [5.74, 6) is 0.657. The van der Waals surface area contributed by atoms with Crippen LogP contribution in [0.1, 0.15) is 38.4 Å². The van der Waals surface area contributed by atoms with Gasteiger partial charge >= 0.3 is 0 Å². The van der Waals surface area contributed by atoms with Crippen molar-refractivity contribution in [3.8, 4) is 5.69 Å². The SMILES string of the molecule is Cc1cccc(-n2nc(C(C)(C)C)cc2NC(=O)CC2COCCN2)c1. The first-order valence-electron chi connectivity index (χ1n) is 9.11. The smallest absolute Gasteiger partial charge is 0.227 e. The Balaban J connectivity index is 1.84. The van der Waals surface area contributed by atoms with Gasteiger partial charge in [-0.1, -0.05) is 32.9 Å². The van der Waals surface area contributed by atoms with Gasteiger partial charge in [0.05, 0.1) is 24.6 Å². The second-order valence-corrected chi connectivity index (χ2v) is 7.89. The number of morpholine rings is 1. The van der Waals surface area contributed by atoms with Crippen molar-refractivity contribution in [2.75, 3.05) is 25.1 Å². The summed E-state index contributed by atoms with van der Waals surface area (Å²) in [6, 6.07) is 10.1. The van der Waals surface area contributed by atoms with E-state index < -0.39 is 0 Å². The van der Waals surface area contributed by atoms with Gasteiger partial charge in [-0.25, -0.2) is 4.68 Å². The molecular formula is C20H28N4O2. The van der Waals surface area contributed by atoms with E-state index in [2.05, 4.69) is 37.5 Å². The molecule has 0 spiro atoms. The minimum atomic E-state index is -0.104. The highest BCUT2D eigenvalue weighted by molar-refractivity contribution is 5.90. The average molecular weight is 356 g/mol. The highest BCUT2D eigenvalue weighted by Crippen LogP contribution is 2.26. The van der Waals surface area contributed by atoms with E-state index in [1.54, 1.807) is 0 Å². The number of benzene rings is 1. The minimum Gasteiger partial charge on any atom is -0.378 e. The summed E-state index contributed by atoms with van der Waals surface area (Å²) in [6.45, 7) is 10.4. The van der Waals surface area contributed by atoms with Crippen molar-refractivity contribution in [1.29, 1.82) is 0 Å². The summed E-state index contributed by atoms with van der Waals surface area (Å²) in [7, 11) is 0. The molecule has 26 heavy (non-hydrogen) atoms. The van der Waals surface area contributed by atoms with E-state index in [-0.39, 0.29) is 17.4 Å². The largest absolute Gasteiger partial charge is 0.378 e. The van der Waals surface area contributed by atoms with Crippen LogP contribution in [0.3, 0.4) is 0 Å². The lowest BCUT2D eigenvalue weighted by Gasteiger charge is -2.23. The van der Waals surface area contributed by atoms with Gasteiger partial charge in [-0.15, -0.1) is 0 Å². The van der Waals surface area contributed by atoms with Gasteiger partial charge in [-0.3, -0.25) is 4.79 Å². The van der Waals surface area contributed by atoms with Crippen molar-refractivity contribution in [1.82, 2.24) is 15.1 Å². The molecule has 1 saturated heterocycles. The first-order chi connectivity index (χ1) is 12.3. The van der Waals surface area contributed by atoms with E-state index >= 15 is 0 Å². The van der Waals surface area contributed by atoms with Gasteiger partial charge in [0.15, 0.2) is 0 Å². The number of nitrogens with one attached hydrogen (secondary N) is 2. The first kappa shape index (κ1) is 18.6. The maximum absolute atomic E-state index is 12.5. The lowest BCUT2D eigenvalue weighted by molar-refractivity contribution is -0.117. The zero-order chi connectivity index (χ0) is 18.7. The molecular weight excluding hydrogens is 328 g/mol. The highest BCUT2D eigenvalue weighted by Gasteiger charge is 2.23. The minimum absolute atomic E-state index is 0.0396. The molecule has 3 rings (SSSR count). The van der Waals surface area contributed by atoms with Gasteiger partial charge in [-0.2, -0.15) is 5.10 Å². The number of carbonyl (C=O) groups is 1. The fraction of sp³-hybridized carbons (Fsp3) is 0.500. The van der Waals surface area contributed by atoms with E-state index in [1.807, 2.05) is 35.9 Å². The molecule has 2 N–H and O–H groups in total. The van der Waals surface area contributed by atoms with Gasteiger partial charge in [0.2, 0.25) is 5.91 Å². The summed E-state index contributed by atoms with van der Waals surface area (Å²) in [4.78, 5) is 12.5. The maximum Gasteiger partial charge on any atom is 0.227 e. The predicted molar refractivity (Wildman–Crippen MR) is 103 cm³/mol. The Bertz CT molecular complexity index is 770. The predicted octanol–water partition coefficient (Wildman–Crippen LogP) is 2.80. The summed E-state index contributed by atoms with van der Waals surface area (Å²) in [6.07, 6.45) is 0.379. The Morgan fingerprint density at radius 1 is 1.38 bits per heavy atom. The summed E-state index contributed by atoms with van der Waals surface area (Å²) >= 11 is 0. The zero-order valence-electron chi connectivity index (χ0n) is 16.0. The number of hydrogen-bond acceptors (Lipinski definition) is 4. The summed E-state index contributed by atoms with van der Waals surface area (Å²) in [5.41, 5.74) is 2.92. The van der Waals surface area contributed by atoms with Crippen LogP contribution in [0.25, 0.3) is 5.69 Å². The number of aryl methyl sites for hydroxylation is 1. The van der Waals surface area contributed by atoms with E-state index in [4.69, 9.17) is 9.84 Å². The van der Waals surface area contributed by atoms with Crippen molar-refractivity contribution < 1.29 is 9.53 Å². The van der Waals surface area contributed by atoms with Gasteiger partial charge < -0.3 is 15.4 Å². The molecule has 1 aromatic heterocycles. The number of rotatable bonds is 4. The number of hydrogen-bond donors (Lipinski definition) is 2. The first-order valence-corrected chi connectivity index (χ1v) is 9.11. The van der Waals surface area contributed by atoms with Gasteiger partial charge in [0.25, 0.3) is 0 Å². The Labute approximate surface area is 154 Å². The molecule has 0 aliphatic carbocycles. The molecule has 1 aliphatic rings.